The fraction of sp³-hybridized carbons (Fsp3) is 0.800. The summed E-state index contributed by atoms with van der Waals surface area (Å²) >= 11 is 0. The lowest BCUT2D eigenvalue weighted by atomic mass is 9.71. The largest absolute Gasteiger partial charge is 0.451 e. The van der Waals surface area contributed by atoms with E-state index in [1.165, 1.54) is 6.42 Å². The number of carbonyl (C=O) groups is 1. The molecule has 2 heterocycles. The molecule has 1 amide bonds. The number of carbonyl (C=O) groups excluding carboxylic acids is 1. The maximum absolute atomic E-state index is 12.9. The molecule has 1 aromatic heterocycles. The molecule has 1 saturated carbocycles. The van der Waals surface area contributed by atoms with Gasteiger partial charge in [0.15, 0.2) is 5.82 Å². The molecule has 0 bridgehead atoms. The molecule has 0 unspecified atom stereocenters. The van der Waals surface area contributed by atoms with Gasteiger partial charge in [-0.05, 0) is 24.8 Å². The molecule has 1 fully saturated rings. The van der Waals surface area contributed by atoms with Crippen molar-refractivity contribution in [3.05, 3.63) is 11.6 Å². The first-order valence-electron chi connectivity index (χ1n) is 8.32. The number of rotatable bonds is 3. The van der Waals surface area contributed by atoms with Crippen LogP contribution in [0.3, 0.4) is 0 Å². The van der Waals surface area contributed by atoms with Gasteiger partial charge < -0.3 is 15.2 Å². The number of nitrogens with two attached hydrogens (primary N) is 1. The van der Waals surface area contributed by atoms with E-state index >= 15 is 0 Å². The molecule has 6 nitrogen and oxygen atoms in total. The minimum atomic E-state index is -4.52. The molecule has 1 aliphatic carbocycles. The van der Waals surface area contributed by atoms with Crippen molar-refractivity contribution in [2.75, 3.05) is 13.1 Å². The Balaban J connectivity index is 1.69. The van der Waals surface area contributed by atoms with Gasteiger partial charge in [0.2, 0.25) is 11.7 Å². The summed E-state index contributed by atoms with van der Waals surface area (Å²) in [5.41, 5.74) is 5.77. The molecule has 0 atom stereocenters. The van der Waals surface area contributed by atoms with E-state index in [1.54, 1.807) is 4.90 Å². The van der Waals surface area contributed by atoms with Gasteiger partial charge in [-0.15, -0.1) is 10.2 Å². The normalized spacial score (nSPS) is 20.8. The Morgan fingerprint density at radius 2 is 1.88 bits per heavy atom. The summed E-state index contributed by atoms with van der Waals surface area (Å²) in [6, 6.07) is 0. The van der Waals surface area contributed by atoms with Gasteiger partial charge in [0.25, 0.3) is 0 Å². The molecule has 2 N–H and O–H groups in total. The maximum Gasteiger partial charge on any atom is 0.451 e. The zero-order chi connectivity index (χ0) is 17.4. The van der Waals surface area contributed by atoms with Crippen molar-refractivity contribution in [1.29, 1.82) is 0 Å². The van der Waals surface area contributed by atoms with Crippen molar-refractivity contribution in [1.82, 2.24) is 19.7 Å². The molecule has 0 radical (unpaired) electrons. The molecule has 1 aliphatic heterocycles. The molecule has 134 valence electrons. The Morgan fingerprint density at radius 1 is 1.17 bits per heavy atom. The van der Waals surface area contributed by atoms with E-state index in [0.717, 1.165) is 30.3 Å². The van der Waals surface area contributed by atoms with E-state index in [-0.39, 0.29) is 36.8 Å². The van der Waals surface area contributed by atoms with Gasteiger partial charge in [-0.1, -0.05) is 19.3 Å². The summed E-state index contributed by atoms with van der Waals surface area (Å²) in [6.45, 7) is 0.857. The number of hydrogen-bond donors (Lipinski definition) is 1. The van der Waals surface area contributed by atoms with Crippen LogP contribution in [0.1, 0.15) is 50.2 Å². The van der Waals surface area contributed by atoms with Crippen LogP contribution in [0, 0.1) is 5.41 Å². The van der Waals surface area contributed by atoms with Crippen LogP contribution >= 0.6 is 0 Å². The number of alkyl halides is 3. The number of hydrogen-bond acceptors (Lipinski definition) is 4. The second-order valence-electron chi connectivity index (χ2n) is 6.85. The minimum absolute atomic E-state index is 0.0508. The number of aromatic nitrogens is 3. The van der Waals surface area contributed by atoms with Gasteiger partial charge in [0.1, 0.15) is 0 Å². The summed E-state index contributed by atoms with van der Waals surface area (Å²) in [6.07, 6.45) is 1.05. The van der Waals surface area contributed by atoms with Gasteiger partial charge in [0.05, 0.1) is 6.54 Å². The fourth-order valence-electron chi connectivity index (χ4n) is 3.77. The van der Waals surface area contributed by atoms with E-state index < -0.39 is 12.0 Å². The summed E-state index contributed by atoms with van der Waals surface area (Å²) in [7, 11) is 0. The van der Waals surface area contributed by atoms with Crippen LogP contribution in [0.2, 0.25) is 0 Å². The van der Waals surface area contributed by atoms with Gasteiger partial charge >= 0.3 is 6.18 Å². The molecular formula is C15H22F3N5O. The average Bonchev–Trinajstić information content (AvgIpc) is 2.99. The van der Waals surface area contributed by atoms with Gasteiger partial charge in [-0.25, -0.2) is 0 Å². The molecule has 3 rings (SSSR count). The molecule has 0 spiro atoms. The third-order valence-corrected chi connectivity index (χ3v) is 5.23. The quantitative estimate of drug-likeness (QED) is 0.908. The van der Waals surface area contributed by atoms with Crippen molar-refractivity contribution in [3.8, 4) is 0 Å². The Labute approximate surface area is 138 Å². The van der Waals surface area contributed by atoms with Gasteiger partial charge in [0, 0.05) is 19.5 Å². The van der Waals surface area contributed by atoms with Gasteiger partial charge in [-0.2, -0.15) is 13.2 Å². The molecule has 0 saturated heterocycles. The lowest BCUT2D eigenvalue weighted by Gasteiger charge is -2.38. The van der Waals surface area contributed by atoms with Crippen molar-refractivity contribution >= 4 is 5.91 Å². The SMILES string of the molecule is NCC1(CC(=O)N2CCn3c(nnc3C(F)(F)F)C2)CCCCC1. The highest BCUT2D eigenvalue weighted by Gasteiger charge is 2.40. The Bertz CT molecular complexity index is 607. The topological polar surface area (TPSA) is 77.0 Å². The average molecular weight is 345 g/mol. The highest BCUT2D eigenvalue weighted by atomic mass is 19.4. The molecule has 24 heavy (non-hydrogen) atoms. The third-order valence-electron chi connectivity index (χ3n) is 5.23. The monoisotopic (exact) mass is 345 g/mol. The van der Waals surface area contributed by atoms with E-state index in [4.69, 9.17) is 5.73 Å². The van der Waals surface area contributed by atoms with Crippen molar-refractivity contribution in [3.63, 3.8) is 0 Å². The second-order valence-corrected chi connectivity index (χ2v) is 6.85. The second kappa shape index (κ2) is 6.34. The first-order chi connectivity index (χ1) is 11.3. The van der Waals surface area contributed by atoms with Crippen LogP contribution in [0.25, 0.3) is 0 Å². The zero-order valence-electron chi connectivity index (χ0n) is 13.5. The molecule has 1 aromatic rings. The van der Waals surface area contributed by atoms with Crippen LogP contribution in [0.4, 0.5) is 13.2 Å². The predicted octanol–water partition coefficient (Wildman–Crippen LogP) is 1.94. The Morgan fingerprint density at radius 3 is 2.50 bits per heavy atom. The fourth-order valence-corrected chi connectivity index (χ4v) is 3.77. The van der Waals surface area contributed by atoms with Crippen molar-refractivity contribution in [2.24, 2.45) is 11.1 Å². The molecular weight excluding hydrogens is 323 g/mol. The highest BCUT2D eigenvalue weighted by Crippen LogP contribution is 2.39. The standard InChI is InChI=1S/C15H22F3N5O/c16-15(17,18)13-21-20-11-9-22(6-7-23(11)13)12(24)8-14(10-19)4-2-1-3-5-14/h1-10,19H2. The minimum Gasteiger partial charge on any atom is -0.333 e. The lowest BCUT2D eigenvalue weighted by Crippen LogP contribution is -2.43. The Hall–Kier alpha value is -1.64. The predicted molar refractivity (Wildman–Crippen MR) is 79.6 cm³/mol. The number of halogens is 3. The third kappa shape index (κ3) is 3.26. The van der Waals surface area contributed by atoms with E-state index in [9.17, 15) is 18.0 Å². The first kappa shape index (κ1) is 17.2. The summed E-state index contributed by atoms with van der Waals surface area (Å²) in [5.74, 6) is -0.854. The Kier molecular flexibility index (Phi) is 4.54. The van der Waals surface area contributed by atoms with Gasteiger partial charge in [-0.3, -0.25) is 4.79 Å². The van der Waals surface area contributed by atoms with E-state index in [0.29, 0.717) is 13.0 Å². The van der Waals surface area contributed by atoms with Crippen LogP contribution in [-0.2, 0) is 24.1 Å². The molecule has 2 aliphatic rings. The van der Waals surface area contributed by atoms with Crippen molar-refractivity contribution in [2.45, 2.75) is 57.8 Å². The number of nitrogens with zero attached hydrogens (tertiary/aromatic N) is 4. The summed E-state index contributed by atoms with van der Waals surface area (Å²) < 4.78 is 39.6. The van der Waals surface area contributed by atoms with E-state index in [2.05, 4.69) is 10.2 Å². The smallest absolute Gasteiger partial charge is 0.333 e. The molecule has 9 heteroatoms. The van der Waals surface area contributed by atoms with Crippen LogP contribution in [0.15, 0.2) is 0 Å². The highest BCUT2D eigenvalue weighted by molar-refractivity contribution is 5.77. The number of amides is 1. The summed E-state index contributed by atoms with van der Waals surface area (Å²) in [4.78, 5) is 14.2. The van der Waals surface area contributed by atoms with Crippen LogP contribution < -0.4 is 5.73 Å². The maximum atomic E-state index is 12.9. The first-order valence-corrected chi connectivity index (χ1v) is 8.32. The zero-order valence-corrected chi connectivity index (χ0v) is 13.5. The lowest BCUT2D eigenvalue weighted by molar-refractivity contribution is -0.148. The van der Waals surface area contributed by atoms with Crippen LogP contribution in [-0.4, -0.2) is 38.7 Å². The summed E-state index contributed by atoms with van der Waals surface area (Å²) in [5, 5.41) is 6.85. The van der Waals surface area contributed by atoms with E-state index in [1.807, 2.05) is 0 Å². The molecule has 0 aromatic carbocycles. The number of fused-ring (bicyclic) bond motifs is 1. The van der Waals surface area contributed by atoms with Crippen molar-refractivity contribution < 1.29 is 18.0 Å². The van der Waals surface area contributed by atoms with Crippen LogP contribution in [0.5, 0.6) is 0 Å².